The summed E-state index contributed by atoms with van der Waals surface area (Å²) in [5, 5.41) is 18.4. The Balaban J connectivity index is 2.00. The Morgan fingerprint density at radius 2 is 2.00 bits per heavy atom. The quantitative estimate of drug-likeness (QED) is 0.328. The molecule has 0 spiro atoms. The summed E-state index contributed by atoms with van der Waals surface area (Å²) in [6.07, 6.45) is 0. The molecule has 7 nitrogen and oxygen atoms in total. The van der Waals surface area contributed by atoms with E-state index in [0.717, 1.165) is 11.4 Å². The number of nitro groups is 1. The molecule has 136 valence electrons. The Hall–Kier alpha value is -2.71. The van der Waals surface area contributed by atoms with Crippen LogP contribution in [-0.2, 0) is 0 Å². The number of nitrogens with zero attached hydrogens (tertiary/aromatic N) is 2. The minimum atomic E-state index is -0.537. The molecule has 26 heavy (non-hydrogen) atoms. The Labute approximate surface area is 161 Å². The number of hydrogen-bond donors (Lipinski definition) is 2. The van der Waals surface area contributed by atoms with Crippen LogP contribution < -0.4 is 15.5 Å². The number of halogens is 1. The highest BCUT2D eigenvalue weighted by atomic mass is 35.5. The lowest BCUT2D eigenvalue weighted by atomic mass is 10.1. The maximum atomic E-state index is 11.0. The van der Waals surface area contributed by atoms with E-state index in [1.54, 1.807) is 13.0 Å². The van der Waals surface area contributed by atoms with E-state index in [1.807, 2.05) is 31.2 Å². The smallest absolute Gasteiger partial charge is 0.288 e. The number of rotatable bonds is 6. The van der Waals surface area contributed by atoms with Gasteiger partial charge in [0.05, 0.1) is 17.2 Å². The molecule has 2 N–H and O–H groups in total. The Kier molecular flexibility index (Phi) is 6.88. The van der Waals surface area contributed by atoms with E-state index < -0.39 is 4.92 Å². The summed E-state index contributed by atoms with van der Waals surface area (Å²) in [5.74, 6) is 0.773. The first kappa shape index (κ1) is 19.6. The molecule has 0 aromatic heterocycles. The summed E-state index contributed by atoms with van der Waals surface area (Å²) in [6.45, 7) is 4.23. The van der Waals surface area contributed by atoms with Gasteiger partial charge in [0.25, 0.3) is 5.69 Å². The summed E-state index contributed by atoms with van der Waals surface area (Å²) in [5.41, 5.74) is 4.41. The van der Waals surface area contributed by atoms with Gasteiger partial charge in [0, 0.05) is 17.3 Å². The van der Waals surface area contributed by atoms with Crippen LogP contribution in [0.2, 0.25) is 5.02 Å². The molecule has 0 bridgehead atoms. The van der Waals surface area contributed by atoms with Gasteiger partial charge in [-0.2, -0.15) is 5.10 Å². The third kappa shape index (κ3) is 5.40. The van der Waals surface area contributed by atoms with Crippen LogP contribution in [0.15, 0.2) is 47.6 Å². The van der Waals surface area contributed by atoms with Crippen LogP contribution in [0.25, 0.3) is 0 Å². The Bertz CT molecular complexity index is 840. The first-order chi connectivity index (χ1) is 12.4. The zero-order chi connectivity index (χ0) is 19.1. The van der Waals surface area contributed by atoms with Crippen molar-refractivity contribution in [2.75, 3.05) is 11.9 Å². The second-order valence-corrected chi connectivity index (χ2v) is 5.96. The minimum absolute atomic E-state index is 0.0761. The lowest BCUT2D eigenvalue weighted by Gasteiger charge is -2.09. The molecular formula is C17H17ClN4O3S. The van der Waals surface area contributed by atoms with E-state index >= 15 is 0 Å². The first-order valence-corrected chi connectivity index (χ1v) is 8.47. The predicted octanol–water partition coefficient (Wildman–Crippen LogP) is 4.36. The van der Waals surface area contributed by atoms with Crippen molar-refractivity contribution in [1.82, 2.24) is 5.43 Å². The average Bonchev–Trinajstić information content (AvgIpc) is 2.61. The van der Waals surface area contributed by atoms with Crippen molar-refractivity contribution < 1.29 is 9.66 Å². The molecule has 0 aliphatic rings. The van der Waals surface area contributed by atoms with Crippen molar-refractivity contribution in [2.45, 2.75) is 13.8 Å². The number of hydrazone groups is 1. The summed E-state index contributed by atoms with van der Waals surface area (Å²) < 4.78 is 5.37. The van der Waals surface area contributed by atoms with Gasteiger partial charge in [0.1, 0.15) is 10.8 Å². The van der Waals surface area contributed by atoms with Gasteiger partial charge in [-0.25, -0.2) is 0 Å². The van der Waals surface area contributed by atoms with Gasteiger partial charge in [-0.3, -0.25) is 15.5 Å². The highest BCUT2D eigenvalue weighted by molar-refractivity contribution is 7.80. The minimum Gasteiger partial charge on any atom is -0.494 e. The summed E-state index contributed by atoms with van der Waals surface area (Å²) in [7, 11) is 0. The van der Waals surface area contributed by atoms with Crippen molar-refractivity contribution in [3.8, 4) is 5.75 Å². The van der Waals surface area contributed by atoms with Crippen LogP contribution in [0.1, 0.15) is 19.4 Å². The number of nitro benzene ring substituents is 1. The second-order valence-electron chi connectivity index (χ2n) is 5.14. The maximum Gasteiger partial charge on any atom is 0.288 e. The number of thiocarbonyl (C=S) groups is 1. The molecule has 9 heteroatoms. The molecular weight excluding hydrogens is 376 g/mol. The van der Waals surface area contributed by atoms with Crippen LogP contribution in [0.5, 0.6) is 5.75 Å². The second kappa shape index (κ2) is 9.12. The third-order valence-electron chi connectivity index (χ3n) is 3.31. The molecule has 0 saturated heterocycles. The number of nitrogens with one attached hydrogen (secondary N) is 2. The summed E-state index contributed by atoms with van der Waals surface area (Å²) in [4.78, 5) is 10.4. The molecule has 2 rings (SSSR count). The van der Waals surface area contributed by atoms with Crippen LogP contribution >= 0.6 is 23.8 Å². The fourth-order valence-electron chi connectivity index (χ4n) is 2.04. The van der Waals surface area contributed by atoms with E-state index in [2.05, 4.69) is 15.8 Å². The molecule has 0 unspecified atom stereocenters. The predicted molar refractivity (Wildman–Crippen MR) is 107 cm³/mol. The Morgan fingerprint density at radius 3 is 2.62 bits per heavy atom. The highest BCUT2D eigenvalue weighted by Crippen LogP contribution is 2.25. The molecule has 0 heterocycles. The van der Waals surface area contributed by atoms with Crippen LogP contribution in [0, 0.1) is 10.1 Å². The van der Waals surface area contributed by atoms with Crippen LogP contribution in [-0.4, -0.2) is 22.4 Å². The molecule has 0 aliphatic carbocycles. The molecule has 0 radical (unpaired) electrons. The summed E-state index contributed by atoms with van der Waals surface area (Å²) in [6, 6.07) is 11.8. The van der Waals surface area contributed by atoms with Crippen LogP contribution in [0.3, 0.4) is 0 Å². The SMILES string of the molecule is CCOc1ccc(NC(=S)N/N=C(/C)c2ccc(Cl)c([N+](=O)[O-])c2)cc1. The molecule has 0 fully saturated rings. The lowest BCUT2D eigenvalue weighted by Crippen LogP contribution is -2.24. The maximum absolute atomic E-state index is 11.0. The van der Waals surface area contributed by atoms with Gasteiger partial charge in [-0.1, -0.05) is 17.7 Å². The highest BCUT2D eigenvalue weighted by Gasteiger charge is 2.13. The van der Waals surface area contributed by atoms with E-state index in [0.29, 0.717) is 17.9 Å². The van der Waals surface area contributed by atoms with Crippen molar-refractivity contribution in [3.05, 3.63) is 63.2 Å². The molecule has 0 amide bonds. The largest absolute Gasteiger partial charge is 0.494 e. The molecule has 0 saturated carbocycles. The van der Waals surface area contributed by atoms with Gasteiger partial charge in [0.15, 0.2) is 5.11 Å². The van der Waals surface area contributed by atoms with Crippen LogP contribution in [0.4, 0.5) is 11.4 Å². The Morgan fingerprint density at radius 1 is 1.31 bits per heavy atom. The number of benzene rings is 2. The monoisotopic (exact) mass is 392 g/mol. The number of ether oxygens (including phenoxy) is 1. The lowest BCUT2D eigenvalue weighted by molar-refractivity contribution is -0.384. The topological polar surface area (TPSA) is 88.8 Å². The van der Waals surface area contributed by atoms with Crippen molar-refractivity contribution >= 4 is 46.0 Å². The molecule has 0 atom stereocenters. The fraction of sp³-hybridized carbons (Fsp3) is 0.176. The van der Waals surface area contributed by atoms with E-state index in [4.69, 9.17) is 28.6 Å². The van der Waals surface area contributed by atoms with E-state index in [9.17, 15) is 10.1 Å². The average molecular weight is 393 g/mol. The molecule has 0 aliphatic heterocycles. The van der Waals surface area contributed by atoms with Gasteiger partial charge < -0.3 is 10.1 Å². The van der Waals surface area contributed by atoms with Gasteiger partial charge >= 0.3 is 0 Å². The van der Waals surface area contributed by atoms with Gasteiger partial charge in [0.2, 0.25) is 0 Å². The summed E-state index contributed by atoms with van der Waals surface area (Å²) >= 11 is 11.0. The number of hydrogen-bond acceptors (Lipinski definition) is 5. The molecule has 2 aromatic carbocycles. The standard InChI is InChI=1S/C17H17ClN4O3S/c1-3-25-14-7-5-13(6-8-14)19-17(26)21-20-11(2)12-4-9-15(18)16(10-12)22(23)24/h4-10H,3H2,1-2H3,(H2,19,21,26)/b20-11-. The molecule has 2 aromatic rings. The normalized spacial score (nSPS) is 11.0. The van der Waals surface area contributed by atoms with Crippen molar-refractivity contribution in [2.24, 2.45) is 5.10 Å². The fourth-order valence-corrected chi connectivity index (χ4v) is 2.39. The zero-order valence-electron chi connectivity index (χ0n) is 14.2. The number of anilines is 1. The van der Waals surface area contributed by atoms with Gasteiger partial charge in [-0.15, -0.1) is 0 Å². The van der Waals surface area contributed by atoms with E-state index in [1.165, 1.54) is 12.1 Å². The third-order valence-corrected chi connectivity index (χ3v) is 3.82. The van der Waals surface area contributed by atoms with E-state index in [-0.39, 0.29) is 15.8 Å². The zero-order valence-corrected chi connectivity index (χ0v) is 15.7. The van der Waals surface area contributed by atoms with Crippen molar-refractivity contribution in [1.29, 1.82) is 0 Å². The first-order valence-electron chi connectivity index (χ1n) is 7.69. The van der Waals surface area contributed by atoms with Gasteiger partial charge in [-0.05, 0) is 56.4 Å². The van der Waals surface area contributed by atoms with Crippen molar-refractivity contribution in [3.63, 3.8) is 0 Å².